The predicted molar refractivity (Wildman–Crippen MR) is 59.9 cm³/mol. The number of rotatable bonds is 1. The van der Waals surface area contributed by atoms with Crippen LogP contribution in [0.5, 0.6) is 0 Å². The minimum absolute atomic E-state index is 0.310. The van der Waals surface area contributed by atoms with E-state index < -0.39 is 0 Å². The van der Waals surface area contributed by atoms with Crippen molar-refractivity contribution in [3.8, 4) is 0 Å². The second-order valence-corrected chi connectivity index (χ2v) is 5.25. The van der Waals surface area contributed by atoms with Gasteiger partial charge in [0.1, 0.15) is 6.10 Å². The molecule has 2 N–H and O–H groups in total. The third-order valence-electron chi connectivity index (χ3n) is 4.07. The number of fused-ring (bicyclic) bond motifs is 1. The van der Waals surface area contributed by atoms with Gasteiger partial charge in [-0.2, -0.15) is 0 Å². The molecule has 1 heterocycles. The van der Waals surface area contributed by atoms with Gasteiger partial charge in [0.05, 0.1) is 6.04 Å². The Morgan fingerprint density at radius 1 is 1.13 bits per heavy atom. The first-order chi connectivity index (χ1) is 7.33. The van der Waals surface area contributed by atoms with Crippen LogP contribution in [0.3, 0.4) is 0 Å². The number of hydrogen-bond acceptors (Lipinski definition) is 3. The first kappa shape index (κ1) is 9.64. The molecule has 3 aliphatic rings. The lowest BCUT2D eigenvalue weighted by atomic mass is 9.90. The maximum atomic E-state index is 5.99. The number of nitrogens with two attached hydrogens (primary N) is 1. The monoisotopic (exact) mass is 208 g/mol. The molecule has 15 heavy (non-hydrogen) atoms. The molecule has 0 amide bonds. The molecule has 2 saturated carbocycles. The summed E-state index contributed by atoms with van der Waals surface area (Å²) in [5.74, 6) is 1.70. The Kier molecular flexibility index (Phi) is 2.43. The van der Waals surface area contributed by atoms with Gasteiger partial charge >= 0.3 is 0 Å². The largest absolute Gasteiger partial charge is 0.475 e. The fraction of sp³-hybridized carbons (Fsp3) is 0.917. The lowest BCUT2D eigenvalue weighted by Crippen LogP contribution is -2.38. The van der Waals surface area contributed by atoms with Crippen molar-refractivity contribution in [2.45, 2.75) is 63.1 Å². The van der Waals surface area contributed by atoms with Crippen LogP contribution < -0.4 is 5.73 Å². The van der Waals surface area contributed by atoms with Gasteiger partial charge in [-0.15, -0.1) is 0 Å². The average Bonchev–Trinajstić information content (AvgIpc) is 2.84. The van der Waals surface area contributed by atoms with Gasteiger partial charge in [-0.05, 0) is 25.7 Å². The van der Waals surface area contributed by atoms with Crippen molar-refractivity contribution < 1.29 is 4.74 Å². The van der Waals surface area contributed by atoms with Crippen LogP contribution in [0.1, 0.15) is 44.9 Å². The molecule has 0 aromatic rings. The number of ether oxygens (including phenoxy) is 1. The predicted octanol–water partition coefficient (Wildman–Crippen LogP) is 1.85. The van der Waals surface area contributed by atoms with Crippen LogP contribution in [-0.2, 0) is 4.74 Å². The molecule has 2 fully saturated rings. The van der Waals surface area contributed by atoms with Gasteiger partial charge in [0.25, 0.3) is 0 Å². The van der Waals surface area contributed by atoms with Crippen LogP contribution in [0, 0.1) is 5.92 Å². The van der Waals surface area contributed by atoms with Crippen molar-refractivity contribution in [1.82, 2.24) is 0 Å². The standard InChI is InChI=1S/C12H20N2O/c13-9-5-6-10-11(7-9)15-12(14-10)8-3-1-2-4-8/h8-11H,1-7,13H2. The Morgan fingerprint density at radius 2 is 1.93 bits per heavy atom. The van der Waals surface area contributed by atoms with Gasteiger partial charge in [-0.3, -0.25) is 0 Å². The van der Waals surface area contributed by atoms with Crippen molar-refractivity contribution in [3.63, 3.8) is 0 Å². The molecule has 3 rings (SSSR count). The molecule has 1 aliphatic heterocycles. The average molecular weight is 208 g/mol. The summed E-state index contributed by atoms with van der Waals surface area (Å²) in [5.41, 5.74) is 5.96. The molecule has 3 atom stereocenters. The topological polar surface area (TPSA) is 47.6 Å². The lowest BCUT2D eigenvalue weighted by Gasteiger charge is -2.27. The molecule has 0 aromatic heterocycles. The van der Waals surface area contributed by atoms with E-state index in [-0.39, 0.29) is 0 Å². The summed E-state index contributed by atoms with van der Waals surface area (Å²) in [6, 6.07) is 0.768. The molecule has 3 unspecified atom stereocenters. The van der Waals surface area contributed by atoms with Crippen LogP contribution >= 0.6 is 0 Å². The summed E-state index contributed by atoms with van der Waals surface area (Å²) in [6.07, 6.45) is 8.82. The summed E-state index contributed by atoms with van der Waals surface area (Å²) in [6.45, 7) is 0. The molecule has 0 aromatic carbocycles. The maximum Gasteiger partial charge on any atom is 0.187 e. The Bertz CT molecular complexity index is 271. The van der Waals surface area contributed by atoms with Gasteiger partial charge in [0, 0.05) is 18.4 Å². The van der Waals surface area contributed by atoms with Gasteiger partial charge in [-0.1, -0.05) is 12.8 Å². The summed E-state index contributed by atoms with van der Waals surface area (Å²) < 4.78 is 5.99. The van der Waals surface area contributed by atoms with Gasteiger partial charge in [0.15, 0.2) is 5.90 Å². The van der Waals surface area contributed by atoms with Crippen LogP contribution in [0.2, 0.25) is 0 Å². The summed E-state index contributed by atoms with van der Waals surface area (Å²) in [5, 5.41) is 0. The molecular weight excluding hydrogens is 188 g/mol. The van der Waals surface area contributed by atoms with E-state index in [0.717, 1.165) is 25.2 Å². The molecule has 0 bridgehead atoms. The van der Waals surface area contributed by atoms with E-state index in [1.807, 2.05) is 0 Å². The third kappa shape index (κ3) is 1.78. The van der Waals surface area contributed by atoms with E-state index in [1.165, 1.54) is 25.7 Å². The zero-order valence-corrected chi connectivity index (χ0v) is 9.19. The van der Waals surface area contributed by atoms with E-state index in [4.69, 9.17) is 15.5 Å². The SMILES string of the molecule is NC1CCC2N=C(C3CCCC3)OC2C1. The fourth-order valence-corrected chi connectivity index (χ4v) is 3.14. The second-order valence-electron chi connectivity index (χ2n) is 5.25. The zero-order chi connectivity index (χ0) is 10.3. The fourth-order valence-electron chi connectivity index (χ4n) is 3.14. The van der Waals surface area contributed by atoms with E-state index in [0.29, 0.717) is 24.1 Å². The van der Waals surface area contributed by atoms with Crippen LogP contribution in [0.4, 0.5) is 0 Å². The summed E-state index contributed by atoms with van der Waals surface area (Å²) in [7, 11) is 0. The third-order valence-corrected chi connectivity index (χ3v) is 4.07. The highest BCUT2D eigenvalue weighted by Crippen LogP contribution is 2.34. The van der Waals surface area contributed by atoms with E-state index in [1.54, 1.807) is 0 Å². The molecular formula is C12H20N2O. The molecule has 0 saturated heterocycles. The van der Waals surface area contributed by atoms with Crippen molar-refractivity contribution >= 4 is 5.90 Å². The summed E-state index contributed by atoms with van der Waals surface area (Å²) >= 11 is 0. The van der Waals surface area contributed by atoms with Crippen LogP contribution in [-0.4, -0.2) is 24.1 Å². The highest BCUT2D eigenvalue weighted by Gasteiger charge is 2.38. The molecule has 3 heteroatoms. The summed E-state index contributed by atoms with van der Waals surface area (Å²) in [4.78, 5) is 4.77. The number of hydrogen-bond donors (Lipinski definition) is 1. The highest BCUT2D eigenvalue weighted by molar-refractivity contribution is 5.81. The molecule has 0 radical (unpaired) electrons. The first-order valence-corrected chi connectivity index (χ1v) is 6.33. The minimum atomic E-state index is 0.310. The number of aliphatic imine (C=N–C) groups is 1. The minimum Gasteiger partial charge on any atom is -0.475 e. The lowest BCUT2D eigenvalue weighted by molar-refractivity contribution is 0.134. The second kappa shape index (κ2) is 3.78. The zero-order valence-electron chi connectivity index (χ0n) is 9.19. The normalized spacial score (nSPS) is 41.1. The van der Waals surface area contributed by atoms with Crippen LogP contribution in [0.15, 0.2) is 4.99 Å². The molecule has 0 spiro atoms. The van der Waals surface area contributed by atoms with Crippen LogP contribution in [0.25, 0.3) is 0 Å². The van der Waals surface area contributed by atoms with Gasteiger partial charge in [0.2, 0.25) is 0 Å². The first-order valence-electron chi connectivity index (χ1n) is 6.33. The Morgan fingerprint density at radius 3 is 2.73 bits per heavy atom. The Balaban J connectivity index is 1.68. The smallest absolute Gasteiger partial charge is 0.187 e. The molecule has 2 aliphatic carbocycles. The van der Waals surface area contributed by atoms with Gasteiger partial charge in [-0.25, -0.2) is 4.99 Å². The quantitative estimate of drug-likeness (QED) is 0.715. The Labute approximate surface area is 91.1 Å². The van der Waals surface area contributed by atoms with Gasteiger partial charge < -0.3 is 10.5 Å². The van der Waals surface area contributed by atoms with Crippen molar-refractivity contribution in [2.75, 3.05) is 0 Å². The molecule has 84 valence electrons. The van der Waals surface area contributed by atoms with Crippen molar-refractivity contribution in [1.29, 1.82) is 0 Å². The Hall–Kier alpha value is -0.570. The van der Waals surface area contributed by atoms with Crippen molar-refractivity contribution in [2.24, 2.45) is 16.6 Å². The van der Waals surface area contributed by atoms with E-state index in [2.05, 4.69) is 0 Å². The number of nitrogens with zero attached hydrogens (tertiary/aromatic N) is 1. The van der Waals surface area contributed by atoms with E-state index in [9.17, 15) is 0 Å². The molecule has 3 nitrogen and oxygen atoms in total. The van der Waals surface area contributed by atoms with E-state index >= 15 is 0 Å². The highest BCUT2D eigenvalue weighted by atomic mass is 16.5. The maximum absolute atomic E-state index is 5.99. The van der Waals surface area contributed by atoms with Crippen molar-refractivity contribution in [3.05, 3.63) is 0 Å².